The average Bonchev–Trinajstić information content (AvgIpc) is 2.97. The number of benzene rings is 2. The van der Waals surface area contributed by atoms with Crippen molar-refractivity contribution in [2.24, 2.45) is 4.99 Å². The van der Waals surface area contributed by atoms with Gasteiger partial charge >= 0.3 is 0 Å². The third kappa shape index (κ3) is 2.63. The van der Waals surface area contributed by atoms with E-state index in [0.29, 0.717) is 17.7 Å². The van der Waals surface area contributed by atoms with Crippen molar-refractivity contribution >= 4 is 27.5 Å². The zero-order valence-corrected chi connectivity index (χ0v) is 14.8. The van der Waals surface area contributed by atoms with Crippen molar-refractivity contribution in [2.75, 3.05) is 6.26 Å². The molecule has 1 aliphatic heterocycles. The van der Waals surface area contributed by atoms with Crippen molar-refractivity contribution in [3.63, 3.8) is 0 Å². The maximum absolute atomic E-state index is 12.8. The van der Waals surface area contributed by atoms with E-state index in [0.717, 1.165) is 23.2 Å². The van der Waals surface area contributed by atoms with Crippen molar-refractivity contribution in [2.45, 2.75) is 35.5 Å². The van der Waals surface area contributed by atoms with Gasteiger partial charge in [0.05, 0.1) is 16.0 Å². The Bertz CT molecular complexity index is 994. The molecule has 2 aromatic rings. The van der Waals surface area contributed by atoms with Crippen LogP contribution < -0.4 is 0 Å². The summed E-state index contributed by atoms with van der Waals surface area (Å²) in [7, 11) is -3.24. The minimum atomic E-state index is -3.24. The van der Waals surface area contributed by atoms with Gasteiger partial charge in [0.2, 0.25) is 0 Å². The van der Waals surface area contributed by atoms with Crippen LogP contribution in [0.3, 0.4) is 0 Å². The van der Waals surface area contributed by atoms with Crippen LogP contribution in [-0.4, -0.2) is 26.7 Å². The molecule has 5 heteroatoms. The highest BCUT2D eigenvalue weighted by Crippen LogP contribution is 2.48. The summed E-state index contributed by atoms with van der Waals surface area (Å²) in [6.07, 6.45) is 4.88. The lowest BCUT2D eigenvalue weighted by Crippen LogP contribution is -2.41. The van der Waals surface area contributed by atoms with E-state index in [1.54, 1.807) is 24.4 Å². The molecule has 2 aliphatic rings. The Kier molecular flexibility index (Phi) is 3.65. The molecule has 1 fully saturated rings. The lowest BCUT2D eigenvalue weighted by Gasteiger charge is -2.35. The van der Waals surface area contributed by atoms with Gasteiger partial charge in [-0.25, -0.2) is 8.42 Å². The molecule has 2 atom stereocenters. The van der Waals surface area contributed by atoms with E-state index in [4.69, 9.17) is 0 Å². The highest BCUT2D eigenvalue weighted by atomic mass is 32.2. The summed E-state index contributed by atoms with van der Waals surface area (Å²) in [4.78, 5) is 17.6. The highest BCUT2D eigenvalue weighted by Gasteiger charge is 2.47. The molecule has 1 heterocycles. The number of nitrogens with zero attached hydrogens (tertiary/aromatic N) is 1. The van der Waals surface area contributed by atoms with Gasteiger partial charge in [-0.05, 0) is 48.1 Å². The Balaban J connectivity index is 1.74. The first-order chi connectivity index (χ1) is 11.9. The molecule has 1 spiro atoms. The van der Waals surface area contributed by atoms with Crippen LogP contribution in [0.1, 0.15) is 36.3 Å². The average molecular weight is 353 g/mol. The number of ketones is 1. The molecule has 4 nitrogen and oxygen atoms in total. The molecule has 4 rings (SSSR count). The van der Waals surface area contributed by atoms with E-state index in [1.165, 1.54) is 6.26 Å². The standard InChI is InChI=1S/C20H19NO3S/c1-25(23,24)16-6-4-5-14(11-16)15-9-10-19(22)20(12-15)13-21-18-8-3-2-7-17(18)20/h2-8,11,13,15H,9-10,12H2,1H3. The molecule has 1 saturated carbocycles. The summed E-state index contributed by atoms with van der Waals surface area (Å²) in [5.41, 5.74) is 2.15. The molecular weight excluding hydrogens is 334 g/mol. The SMILES string of the molecule is CS(=O)(=O)c1cccc(C2CCC(=O)C3(C=Nc4ccccc43)C2)c1. The zero-order valence-electron chi connectivity index (χ0n) is 14.0. The summed E-state index contributed by atoms with van der Waals surface area (Å²) >= 11 is 0. The summed E-state index contributed by atoms with van der Waals surface area (Å²) in [6.45, 7) is 0. The molecule has 128 valence electrons. The fraction of sp³-hybridized carbons (Fsp3) is 0.300. The number of sulfone groups is 1. The van der Waals surface area contributed by atoms with Gasteiger partial charge in [-0.1, -0.05) is 30.3 Å². The first kappa shape index (κ1) is 16.2. The smallest absolute Gasteiger partial charge is 0.175 e. The summed E-state index contributed by atoms with van der Waals surface area (Å²) in [5.74, 6) is 0.341. The van der Waals surface area contributed by atoms with E-state index in [-0.39, 0.29) is 11.7 Å². The van der Waals surface area contributed by atoms with Crippen LogP contribution in [-0.2, 0) is 20.0 Å². The minimum Gasteiger partial charge on any atom is -0.298 e. The summed E-state index contributed by atoms with van der Waals surface area (Å²) in [6, 6.07) is 14.9. The number of carbonyl (C=O) groups excluding carboxylic acids is 1. The molecule has 25 heavy (non-hydrogen) atoms. The minimum absolute atomic E-state index is 0.136. The molecule has 0 aromatic heterocycles. The van der Waals surface area contributed by atoms with Gasteiger partial charge < -0.3 is 0 Å². The molecular formula is C20H19NO3S. The van der Waals surface area contributed by atoms with Gasteiger partial charge in [-0.3, -0.25) is 9.79 Å². The molecule has 1 aliphatic carbocycles. The molecule has 0 radical (unpaired) electrons. The predicted octanol–water partition coefficient (Wildman–Crippen LogP) is 3.58. The van der Waals surface area contributed by atoms with Gasteiger partial charge in [-0.2, -0.15) is 0 Å². The summed E-state index contributed by atoms with van der Waals surface area (Å²) in [5, 5.41) is 0. The number of fused-ring (bicyclic) bond motifs is 2. The molecule has 0 saturated heterocycles. The van der Waals surface area contributed by atoms with Crippen molar-refractivity contribution in [3.05, 3.63) is 59.7 Å². The van der Waals surface area contributed by atoms with E-state index < -0.39 is 15.3 Å². The van der Waals surface area contributed by atoms with Crippen molar-refractivity contribution in [3.8, 4) is 0 Å². The normalized spacial score (nSPS) is 25.3. The van der Waals surface area contributed by atoms with Crippen LogP contribution in [0.15, 0.2) is 58.4 Å². The van der Waals surface area contributed by atoms with E-state index in [9.17, 15) is 13.2 Å². The lowest BCUT2D eigenvalue weighted by atomic mass is 9.65. The molecule has 2 aromatic carbocycles. The third-order valence-corrected chi connectivity index (χ3v) is 6.46. The molecule has 0 bridgehead atoms. The largest absolute Gasteiger partial charge is 0.298 e. The van der Waals surface area contributed by atoms with E-state index >= 15 is 0 Å². The third-order valence-electron chi connectivity index (χ3n) is 5.35. The van der Waals surface area contributed by atoms with Crippen LogP contribution in [0.2, 0.25) is 0 Å². The second kappa shape index (κ2) is 5.63. The van der Waals surface area contributed by atoms with E-state index in [1.807, 2.05) is 30.3 Å². The predicted molar refractivity (Wildman–Crippen MR) is 97.4 cm³/mol. The number of Topliss-reactive ketones (excluding diaryl/α,β-unsaturated/α-hetero) is 1. The second-order valence-electron chi connectivity index (χ2n) is 6.95. The molecule has 0 amide bonds. The quantitative estimate of drug-likeness (QED) is 0.829. The maximum Gasteiger partial charge on any atom is 0.175 e. The van der Waals surface area contributed by atoms with Gasteiger partial charge in [0.15, 0.2) is 9.84 Å². The fourth-order valence-electron chi connectivity index (χ4n) is 4.01. The van der Waals surface area contributed by atoms with Gasteiger partial charge in [0.25, 0.3) is 0 Å². The van der Waals surface area contributed by atoms with Crippen molar-refractivity contribution in [1.29, 1.82) is 0 Å². The molecule has 2 unspecified atom stereocenters. The number of rotatable bonds is 2. The first-order valence-corrected chi connectivity index (χ1v) is 10.3. The van der Waals surface area contributed by atoms with Crippen LogP contribution in [0.25, 0.3) is 0 Å². The maximum atomic E-state index is 12.8. The monoisotopic (exact) mass is 353 g/mol. The number of aliphatic imine (C=N–C) groups is 1. The Hall–Kier alpha value is -2.27. The highest BCUT2D eigenvalue weighted by molar-refractivity contribution is 7.90. The first-order valence-electron chi connectivity index (χ1n) is 8.38. The topological polar surface area (TPSA) is 63.6 Å². The van der Waals surface area contributed by atoms with Crippen LogP contribution in [0.5, 0.6) is 0 Å². The Labute approximate surface area is 147 Å². The number of hydrogen-bond acceptors (Lipinski definition) is 4. The molecule has 0 N–H and O–H groups in total. The van der Waals surface area contributed by atoms with Crippen molar-refractivity contribution in [1.82, 2.24) is 0 Å². The fourth-order valence-corrected chi connectivity index (χ4v) is 4.69. The Morgan fingerprint density at radius 3 is 2.72 bits per heavy atom. The zero-order chi connectivity index (χ0) is 17.7. The Morgan fingerprint density at radius 1 is 1.12 bits per heavy atom. The van der Waals surface area contributed by atoms with Gasteiger partial charge in [0, 0.05) is 18.9 Å². The summed E-state index contributed by atoms with van der Waals surface area (Å²) < 4.78 is 23.7. The lowest BCUT2D eigenvalue weighted by molar-refractivity contribution is -0.124. The van der Waals surface area contributed by atoms with Gasteiger partial charge in [-0.15, -0.1) is 0 Å². The number of carbonyl (C=O) groups is 1. The Morgan fingerprint density at radius 2 is 1.92 bits per heavy atom. The number of hydrogen-bond donors (Lipinski definition) is 0. The van der Waals surface area contributed by atoms with E-state index in [2.05, 4.69) is 4.99 Å². The van der Waals surface area contributed by atoms with Crippen molar-refractivity contribution < 1.29 is 13.2 Å². The van der Waals surface area contributed by atoms with Crippen LogP contribution >= 0.6 is 0 Å². The number of para-hydroxylation sites is 1. The van der Waals surface area contributed by atoms with Gasteiger partial charge in [0.1, 0.15) is 5.78 Å². The van der Waals surface area contributed by atoms with Crippen LogP contribution in [0.4, 0.5) is 5.69 Å². The second-order valence-corrected chi connectivity index (χ2v) is 8.97. The van der Waals surface area contributed by atoms with Crippen LogP contribution in [0, 0.1) is 0 Å².